The van der Waals surface area contributed by atoms with E-state index >= 15 is 0 Å². The Hall–Kier alpha value is -0.120. The lowest BCUT2D eigenvalue weighted by atomic mass is 10.2. The van der Waals surface area contributed by atoms with E-state index in [2.05, 4.69) is 6.92 Å². The van der Waals surface area contributed by atoms with Gasteiger partial charge in [0.15, 0.2) is 0 Å². The maximum atomic E-state index is 8.85. The van der Waals surface area contributed by atoms with E-state index in [0.29, 0.717) is 6.61 Å². The van der Waals surface area contributed by atoms with Crippen molar-refractivity contribution in [3.63, 3.8) is 0 Å². The molecule has 13 heavy (non-hydrogen) atoms. The van der Waals surface area contributed by atoms with Crippen molar-refractivity contribution in [3.05, 3.63) is 0 Å². The fraction of sp³-hybridized carbons (Fsp3) is 1.00. The highest BCUT2D eigenvalue weighted by Gasteiger charge is 2.05. The van der Waals surface area contributed by atoms with E-state index in [1.54, 1.807) is 7.11 Å². The van der Waals surface area contributed by atoms with Crippen molar-refractivity contribution < 1.29 is 14.6 Å². The lowest BCUT2D eigenvalue weighted by molar-refractivity contribution is -0.0321. The van der Waals surface area contributed by atoms with Crippen molar-refractivity contribution >= 4 is 0 Å². The number of hydrogen-bond acceptors (Lipinski definition) is 3. The van der Waals surface area contributed by atoms with Crippen LogP contribution in [0.5, 0.6) is 0 Å². The lowest BCUT2D eigenvalue weighted by Crippen LogP contribution is -2.23. The minimum atomic E-state index is -0.147. The van der Waals surface area contributed by atoms with Gasteiger partial charge in [0, 0.05) is 13.7 Å². The molecule has 3 heteroatoms. The molecule has 0 aliphatic heterocycles. The van der Waals surface area contributed by atoms with Crippen LogP contribution in [0.15, 0.2) is 0 Å². The van der Waals surface area contributed by atoms with Gasteiger partial charge < -0.3 is 14.6 Å². The molecule has 0 aliphatic carbocycles. The molecule has 0 aromatic rings. The molecule has 0 unspecified atom stereocenters. The van der Waals surface area contributed by atoms with Crippen LogP contribution in [-0.4, -0.2) is 38.1 Å². The minimum absolute atomic E-state index is 0.0433. The van der Waals surface area contributed by atoms with Crippen LogP contribution in [0.1, 0.15) is 32.6 Å². The Labute approximate surface area is 81.0 Å². The van der Waals surface area contributed by atoms with Gasteiger partial charge in [-0.15, -0.1) is 0 Å². The summed E-state index contributed by atoms with van der Waals surface area (Å²) in [5.74, 6) is 0. The first-order chi connectivity index (χ1) is 6.35. The summed E-state index contributed by atoms with van der Waals surface area (Å²) in [7, 11) is 1.61. The third kappa shape index (κ3) is 8.22. The zero-order chi connectivity index (χ0) is 9.94. The molecule has 0 saturated carbocycles. The Morgan fingerprint density at radius 2 is 2.00 bits per heavy atom. The summed E-state index contributed by atoms with van der Waals surface area (Å²) in [6, 6.07) is 0. The zero-order valence-electron chi connectivity index (χ0n) is 8.79. The standard InChI is InChI=1S/C10H22O3/c1-3-4-5-6-7-13-10(8-11)9-12-2/h10-11H,3-9H2,1-2H3/t10-/m0/s1. The molecule has 0 amide bonds. The number of ether oxygens (including phenoxy) is 2. The fourth-order valence-electron chi connectivity index (χ4n) is 1.12. The van der Waals surface area contributed by atoms with Gasteiger partial charge in [-0.25, -0.2) is 0 Å². The second kappa shape index (κ2) is 9.96. The van der Waals surface area contributed by atoms with E-state index in [1.165, 1.54) is 19.3 Å². The molecule has 80 valence electrons. The molecule has 3 nitrogen and oxygen atoms in total. The van der Waals surface area contributed by atoms with Crippen LogP contribution in [0.25, 0.3) is 0 Å². The first kappa shape index (κ1) is 12.9. The Morgan fingerprint density at radius 1 is 1.23 bits per heavy atom. The van der Waals surface area contributed by atoms with Gasteiger partial charge in [-0.1, -0.05) is 26.2 Å². The smallest absolute Gasteiger partial charge is 0.104 e. The van der Waals surface area contributed by atoms with E-state index in [9.17, 15) is 0 Å². The summed E-state index contributed by atoms with van der Waals surface area (Å²) in [5.41, 5.74) is 0. The molecular weight excluding hydrogens is 168 g/mol. The Balaban J connectivity index is 3.17. The third-order valence-corrected chi connectivity index (χ3v) is 1.91. The number of rotatable bonds is 9. The maximum Gasteiger partial charge on any atom is 0.104 e. The summed E-state index contributed by atoms with van der Waals surface area (Å²) in [6.07, 6.45) is 4.64. The summed E-state index contributed by atoms with van der Waals surface area (Å²) in [4.78, 5) is 0. The number of methoxy groups -OCH3 is 1. The number of hydrogen-bond donors (Lipinski definition) is 1. The molecule has 0 bridgehead atoms. The molecule has 0 spiro atoms. The van der Waals surface area contributed by atoms with Gasteiger partial charge in [-0.2, -0.15) is 0 Å². The van der Waals surface area contributed by atoms with Gasteiger partial charge in [-0.05, 0) is 6.42 Å². The second-order valence-electron chi connectivity index (χ2n) is 3.19. The largest absolute Gasteiger partial charge is 0.394 e. The lowest BCUT2D eigenvalue weighted by Gasteiger charge is -2.13. The molecule has 0 radical (unpaired) electrons. The van der Waals surface area contributed by atoms with E-state index < -0.39 is 0 Å². The highest BCUT2D eigenvalue weighted by atomic mass is 16.5. The Morgan fingerprint density at radius 3 is 2.54 bits per heavy atom. The quantitative estimate of drug-likeness (QED) is 0.561. The van der Waals surface area contributed by atoms with Crippen LogP contribution in [0.4, 0.5) is 0 Å². The van der Waals surface area contributed by atoms with Crippen LogP contribution in [-0.2, 0) is 9.47 Å². The second-order valence-corrected chi connectivity index (χ2v) is 3.19. The van der Waals surface area contributed by atoms with E-state index in [4.69, 9.17) is 14.6 Å². The van der Waals surface area contributed by atoms with Gasteiger partial charge in [0.05, 0.1) is 13.2 Å². The van der Waals surface area contributed by atoms with Crippen molar-refractivity contribution in [2.75, 3.05) is 26.9 Å². The minimum Gasteiger partial charge on any atom is -0.394 e. The van der Waals surface area contributed by atoms with Gasteiger partial charge in [-0.3, -0.25) is 0 Å². The van der Waals surface area contributed by atoms with Gasteiger partial charge in [0.2, 0.25) is 0 Å². The van der Waals surface area contributed by atoms with Gasteiger partial charge in [0.25, 0.3) is 0 Å². The van der Waals surface area contributed by atoms with E-state index in [1.807, 2.05) is 0 Å². The zero-order valence-corrected chi connectivity index (χ0v) is 8.79. The normalized spacial score (nSPS) is 13.2. The van der Waals surface area contributed by atoms with E-state index in [0.717, 1.165) is 13.0 Å². The SMILES string of the molecule is CCCCCCO[C@@H](CO)COC. The summed E-state index contributed by atoms with van der Waals surface area (Å²) >= 11 is 0. The average molecular weight is 190 g/mol. The Bertz CT molecular complexity index is 96.2. The molecule has 0 rings (SSSR count). The van der Waals surface area contributed by atoms with Crippen molar-refractivity contribution in [2.24, 2.45) is 0 Å². The predicted molar refractivity (Wildman–Crippen MR) is 52.8 cm³/mol. The van der Waals surface area contributed by atoms with Crippen LogP contribution < -0.4 is 0 Å². The molecule has 0 heterocycles. The van der Waals surface area contributed by atoms with Crippen LogP contribution in [0.2, 0.25) is 0 Å². The summed E-state index contributed by atoms with van der Waals surface area (Å²) in [6.45, 7) is 3.43. The van der Waals surface area contributed by atoms with E-state index in [-0.39, 0.29) is 12.7 Å². The van der Waals surface area contributed by atoms with Gasteiger partial charge in [0.1, 0.15) is 6.10 Å². The number of unbranched alkanes of at least 4 members (excludes halogenated alkanes) is 3. The molecule has 0 saturated heterocycles. The van der Waals surface area contributed by atoms with Crippen LogP contribution in [0, 0.1) is 0 Å². The van der Waals surface area contributed by atoms with Crippen molar-refractivity contribution in [2.45, 2.75) is 38.7 Å². The maximum absolute atomic E-state index is 8.85. The van der Waals surface area contributed by atoms with Gasteiger partial charge >= 0.3 is 0 Å². The number of aliphatic hydroxyl groups is 1. The first-order valence-corrected chi connectivity index (χ1v) is 5.06. The predicted octanol–water partition coefficient (Wildman–Crippen LogP) is 1.59. The molecule has 0 aromatic heterocycles. The molecule has 1 N–H and O–H groups in total. The number of aliphatic hydroxyl groups excluding tert-OH is 1. The first-order valence-electron chi connectivity index (χ1n) is 5.06. The van der Waals surface area contributed by atoms with Crippen LogP contribution in [0.3, 0.4) is 0 Å². The summed E-state index contributed by atoms with van der Waals surface area (Å²) in [5, 5.41) is 8.85. The van der Waals surface area contributed by atoms with Crippen molar-refractivity contribution in [3.8, 4) is 0 Å². The van der Waals surface area contributed by atoms with Crippen LogP contribution >= 0.6 is 0 Å². The topological polar surface area (TPSA) is 38.7 Å². The molecule has 0 aromatic carbocycles. The molecule has 0 fully saturated rings. The average Bonchev–Trinajstić information content (AvgIpc) is 2.16. The molecule has 0 aliphatic rings. The monoisotopic (exact) mass is 190 g/mol. The third-order valence-electron chi connectivity index (χ3n) is 1.91. The molecular formula is C10H22O3. The van der Waals surface area contributed by atoms with Crippen molar-refractivity contribution in [1.82, 2.24) is 0 Å². The van der Waals surface area contributed by atoms with Crippen molar-refractivity contribution in [1.29, 1.82) is 0 Å². The highest BCUT2D eigenvalue weighted by Crippen LogP contribution is 2.01. The molecule has 1 atom stereocenters. The highest BCUT2D eigenvalue weighted by molar-refractivity contribution is 4.53. The Kier molecular flexibility index (Phi) is 9.87. The summed E-state index contributed by atoms with van der Waals surface area (Å²) < 4.78 is 10.3. The fourth-order valence-corrected chi connectivity index (χ4v) is 1.12.